The molecule has 2 aromatic heterocycles. The zero-order chi connectivity index (χ0) is 12.8. The van der Waals surface area contributed by atoms with Crippen LogP contribution in [0.5, 0.6) is 0 Å². The molecule has 94 valence electrons. The number of anilines is 1. The number of nitrogens with zero attached hydrogens (tertiary/aromatic N) is 2. The van der Waals surface area contributed by atoms with Crippen molar-refractivity contribution in [1.82, 2.24) is 15.3 Å². The van der Waals surface area contributed by atoms with Crippen molar-refractivity contribution in [3.05, 3.63) is 54.0 Å². The molecule has 3 N–H and O–H groups in total. The third kappa shape index (κ3) is 3.28. The van der Waals surface area contributed by atoms with E-state index in [0.29, 0.717) is 5.82 Å². The number of hydrogen-bond donors (Lipinski definition) is 2. The molecule has 0 spiro atoms. The number of rotatable bonds is 5. The maximum atomic E-state index is 5.71. The minimum Gasteiger partial charge on any atom is -0.384 e. The van der Waals surface area contributed by atoms with Crippen LogP contribution >= 0.6 is 0 Å². The molecule has 0 fully saturated rings. The molecule has 0 saturated carbocycles. The summed E-state index contributed by atoms with van der Waals surface area (Å²) in [5.41, 5.74) is 8.13. The highest BCUT2D eigenvalue weighted by atomic mass is 14.9. The molecule has 2 aromatic rings. The molecule has 2 rings (SSSR count). The Hall–Kier alpha value is -1.94. The van der Waals surface area contributed by atoms with Crippen molar-refractivity contribution in [3.63, 3.8) is 0 Å². The van der Waals surface area contributed by atoms with Gasteiger partial charge in [-0.2, -0.15) is 0 Å². The summed E-state index contributed by atoms with van der Waals surface area (Å²) in [7, 11) is 0. The first-order valence-corrected chi connectivity index (χ1v) is 6.13. The third-order valence-electron chi connectivity index (χ3n) is 2.84. The molecule has 0 aliphatic heterocycles. The van der Waals surface area contributed by atoms with Gasteiger partial charge in [0, 0.05) is 24.6 Å². The van der Waals surface area contributed by atoms with Crippen LogP contribution in [-0.4, -0.2) is 16.5 Å². The molecule has 0 aliphatic rings. The highest BCUT2D eigenvalue weighted by Gasteiger charge is 2.10. The van der Waals surface area contributed by atoms with Crippen molar-refractivity contribution in [2.45, 2.75) is 19.4 Å². The first-order valence-electron chi connectivity index (χ1n) is 6.13. The van der Waals surface area contributed by atoms with Crippen LogP contribution in [0, 0.1) is 0 Å². The van der Waals surface area contributed by atoms with Crippen molar-refractivity contribution < 1.29 is 0 Å². The van der Waals surface area contributed by atoms with Crippen molar-refractivity contribution in [1.29, 1.82) is 0 Å². The number of nitrogen functional groups attached to an aromatic ring is 1. The number of likely N-dealkylation sites (N-methyl/N-ethyl adjacent to an activating group) is 1. The normalized spacial score (nSPS) is 12.3. The Balaban J connectivity index is 2.16. The van der Waals surface area contributed by atoms with Crippen molar-refractivity contribution in [2.75, 3.05) is 12.3 Å². The molecule has 0 saturated heterocycles. The van der Waals surface area contributed by atoms with E-state index in [4.69, 9.17) is 5.73 Å². The summed E-state index contributed by atoms with van der Waals surface area (Å²) in [6.45, 7) is 3.03. The molecule has 0 radical (unpaired) electrons. The second kappa shape index (κ2) is 6.12. The van der Waals surface area contributed by atoms with Gasteiger partial charge in [0.05, 0.1) is 0 Å². The van der Waals surface area contributed by atoms with E-state index in [-0.39, 0.29) is 6.04 Å². The molecule has 0 aliphatic carbocycles. The first-order chi connectivity index (χ1) is 8.79. The molecule has 4 heteroatoms. The standard InChI is InChI=1S/C14H18N4/c1-2-17-13(12-4-6-16-7-5-12)9-11-3-8-18-14(15)10-11/h3-8,10,13,17H,2,9H2,1H3,(H2,15,18). The van der Waals surface area contributed by atoms with Crippen LogP contribution in [0.1, 0.15) is 24.1 Å². The maximum absolute atomic E-state index is 5.71. The van der Waals surface area contributed by atoms with Crippen LogP contribution in [0.3, 0.4) is 0 Å². The van der Waals surface area contributed by atoms with Gasteiger partial charge in [0.1, 0.15) is 5.82 Å². The molecule has 18 heavy (non-hydrogen) atoms. The summed E-state index contributed by atoms with van der Waals surface area (Å²) in [4.78, 5) is 8.06. The SMILES string of the molecule is CCNC(Cc1ccnc(N)c1)c1ccncc1. The van der Waals surface area contributed by atoms with Crippen LogP contribution in [0.25, 0.3) is 0 Å². The highest BCUT2D eigenvalue weighted by molar-refractivity contribution is 5.33. The first kappa shape index (κ1) is 12.5. The van der Waals surface area contributed by atoms with Gasteiger partial charge in [-0.1, -0.05) is 6.92 Å². The van der Waals surface area contributed by atoms with E-state index in [2.05, 4.69) is 22.2 Å². The molecule has 1 atom stereocenters. The van der Waals surface area contributed by atoms with Crippen molar-refractivity contribution >= 4 is 5.82 Å². The average Bonchev–Trinajstić information content (AvgIpc) is 2.39. The van der Waals surface area contributed by atoms with Gasteiger partial charge in [-0.05, 0) is 48.4 Å². The van der Waals surface area contributed by atoms with E-state index in [0.717, 1.165) is 13.0 Å². The predicted molar refractivity (Wildman–Crippen MR) is 73.0 cm³/mol. The molecule has 1 unspecified atom stereocenters. The predicted octanol–water partition coefficient (Wildman–Crippen LogP) is 1.95. The Bertz CT molecular complexity index is 484. The summed E-state index contributed by atoms with van der Waals surface area (Å²) in [5, 5.41) is 3.48. The minimum absolute atomic E-state index is 0.278. The van der Waals surface area contributed by atoms with Crippen molar-refractivity contribution in [3.8, 4) is 0 Å². The van der Waals surface area contributed by atoms with E-state index in [1.54, 1.807) is 6.20 Å². The lowest BCUT2D eigenvalue weighted by molar-refractivity contribution is 0.549. The van der Waals surface area contributed by atoms with E-state index < -0.39 is 0 Å². The van der Waals surface area contributed by atoms with Crippen LogP contribution in [0.15, 0.2) is 42.9 Å². The maximum Gasteiger partial charge on any atom is 0.123 e. The van der Waals surface area contributed by atoms with Crippen LogP contribution in [-0.2, 0) is 6.42 Å². The Morgan fingerprint density at radius 1 is 1.22 bits per heavy atom. The summed E-state index contributed by atoms with van der Waals surface area (Å²) in [6.07, 6.45) is 6.28. The van der Waals surface area contributed by atoms with Crippen LogP contribution in [0.2, 0.25) is 0 Å². The number of pyridine rings is 2. The van der Waals surface area contributed by atoms with E-state index in [1.165, 1.54) is 11.1 Å². The third-order valence-corrected chi connectivity index (χ3v) is 2.84. The Labute approximate surface area is 107 Å². The largest absolute Gasteiger partial charge is 0.384 e. The quantitative estimate of drug-likeness (QED) is 0.841. The van der Waals surface area contributed by atoms with Gasteiger partial charge >= 0.3 is 0 Å². The van der Waals surface area contributed by atoms with E-state index >= 15 is 0 Å². The lowest BCUT2D eigenvalue weighted by atomic mass is 10.0. The van der Waals surface area contributed by atoms with E-state index in [9.17, 15) is 0 Å². The fraction of sp³-hybridized carbons (Fsp3) is 0.286. The second-order valence-corrected chi connectivity index (χ2v) is 4.18. The molecule has 0 aromatic carbocycles. The van der Waals surface area contributed by atoms with Gasteiger partial charge in [0.15, 0.2) is 0 Å². The van der Waals surface area contributed by atoms with Crippen LogP contribution < -0.4 is 11.1 Å². The van der Waals surface area contributed by atoms with Crippen molar-refractivity contribution in [2.24, 2.45) is 0 Å². The molecule has 0 bridgehead atoms. The summed E-state index contributed by atoms with van der Waals surface area (Å²) in [5.74, 6) is 0.567. The number of hydrogen-bond acceptors (Lipinski definition) is 4. The monoisotopic (exact) mass is 242 g/mol. The molecule has 4 nitrogen and oxygen atoms in total. The smallest absolute Gasteiger partial charge is 0.123 e. The fourth-order valence-corrected chi connectivity index (χ4v) is 2.01. The Morgan fingerprint density at radius 2 is 2.00 bits per heavy atom. The van der Waals surface area contributed by atoms with Gasteiger partial charge in [0.2, 0.25) is 0 Å². The molecule has 0 amide bonds. The fourth-order valence-electron chi connectivity index (χ4n) is 2.01. The summed E-state index contributed by atoms with van der Waals surface area (Å²) < 4.78 is 0. The van der Waals surface area contributed by atoms with Gasteiger partial charge in [-0.3, -0.25) is 4.98 Å². The van der Waals surface area contributed by atoms with Gasteiger partial charge in [0.25, 0.3) is 0 Å². The second-order valence-electron chi connectivity index (χ2n) is 4.18. The molecular formula is C14H18N4. The summed E-state index contributed by atoms with van der Waals surface area (Å²) in [6, 6.07) is 8.28. The topological polar surface area (TPSA) is 63.8 Å². The Morgan fingerprint density at radius 3 is 2.67 bits per heavy atom. The Kier molecular flexibility index (Phi) is 4.25. The van der Waals surface area contributed by atoms with Crippen LogP contribution in [0.4, 0.5) is 5.82 Å². The highest BCUT2D eigenvalue weighted by Crippen LogP contribution is 2.18. The van der Waals surface area contributed by atoms with Gasteiger partial charge in [-0.15, -0.1) is 0 Å². The summed E-state index contributed by atoms with van der Waals surface area (Å²) >= 11 is 0. The lowest BCUT2D eigenvalue weighted by Crippen LogP contribution is -2.23. The number of aromatic nitrogens is 2. The number of nitrogens with one attached hydrogen (secondary N) is 1. The zero-order valence-corrected chi connectivity index (χ0v) is 10.5. The number of nitrogens with two attached hydrogens (primary N) is 1. The van der Waals surface area contributed by atoms with Gasteiger partial charge < -0.3 is 11.1 Å². The minimum atomic E-state index is 0.278. The molecule has 2 heterocycles. The average molecular weight is 242 g/mol. The molecular weight excluding hydrogens is 224 g/mol. The zero-order valence-electron chi connectivity index (χ0n) is 10.5. The van der Waals surface area contributed by atoms with E-state index in [1.807, 2.05) is 36.7 Å². The van der Waals surface area contributed by atoms with Gasteiger partial charge in [-0.25, -0.2) is 4.98 Å². The lowest BCUT2D eigenvalue weighted by Gasteiger charge is -2.18.